The molecule has 0 bridgehead atoms. The third-order valence-corrected chi connectivity index (χ3v) is 8.82. The maximum atomic E-state index is 14.5. The molecule has 0 aliphatic heterocycles. The van der Waals surface area contributed by atoms with E-state index in [-0.39, 0.29) is 9.84 Å². The van der Waals surface area contributed by atoms with E-state index in [1.54, 1.807) is 0 Å². The van der Waals surface area contributed by atoms with Crippen LogP contribution in [0, 0.1) is 29.6 Å². The predicted octanol–water partition coefficient (Wildman–Crippen LogP) is 7.29. The summed E-state index contributed by atoms with van der Waals surface area (Å²) in [5.41, 5.74) is 0. The average Bonchev–Trinajstić information content (AvgIpc) is 2.61. The number of hydrogen-bond acceptors (Lipinski definition) is 0. The molecule has 140 valence electrons. The van der Waals surface area contributed by atoms with E-state index < -0.39 is 12.3 Å². The highest BCUT2D eigenvalue weighted by atomic mass is 127. The van der Waals surface area contributed by atoms with Crippen LogP contribution < -0.4 is 0 Å². The van der Waals surface area contributed by atoms with Crippen LogP contribution in [0.5, 0.6) is 0 Å². The van der Waals surface area contributed by atoms with Gasteiger partial charge in [0.2, 0.25) is 0 Å². The van der Waals surface area contributed by atoms with Crippen molar-refractivity contribution < 1.29 is 8.78 Å². The Morgan fingerprint density at radius 3 is 1.83 bits per heavy atom. The van der Waals surface area contributed by atoms with Crippen LogP contribution in [0.2, 0.25) is 0 Å². The lowest BCUT2D eigenvalue weighted by Crippen LogP contribution is -2.42. The van der Waals surface area contributed by atoms with E-state index in [9.17, 15) is 8.78 Å². The summed E-state index contributed by atoms with van der Waals surface area (Å²) in [5.74, 6) is 3.25. The Balaban J connectivity index is 1.45. The minimum atomic E-state index is -1.23. The number of hydrogen-bond donors (Lipinski definition) is 0. The van der Waals surface area contributed by atoms with Crippen molar-refractivity contribution in [2.45, 2.75) is 100 Å². The highest BCUT2D eigenvalue weighted by Crippen LogP contribution is 2.47. The molecule has 0 aromatic heterocycles. The first kappa shape index (κ1) is 19.4. The van der Waals surface area contributed by atoms with Crippen molar-refractivity contribution >= 4 is 22.6 Å². The lowest BCUT2D eigenvalue weighted by Gasteiger charge is -2.42. The molecular weight excluding hydrogens is 417 g/mol. The molecule has 24 heavy (non-hydrogen) atoms. The fraction of sp³-hybridized carbons (Fsp3) is 1.00. The summed E-state index contributed by atoms with van der Waals surface area (Å²) in [6, 6.07) is 0. The van der Waals surface area contributed by atoms with Crippen LogP contribution in [0.15, 0.2) is 0 Å². The Morgan fingerprint density at radius 1 is 0.708 bits per heavy atom. The van der Waals surface area contributed by atoms with Gasteiger partial charge in [0.1, 0.15) is 12.3 Å². The molecule has 3 aliphatic rings. The molecular formula is C21H35F2I. The lowest BCUT2D eigenvalue weighted by atomic mass is 9.65. The van der Waals surface area contributed by atoms with E-state index in [1.807, 2.05) is 0 Å². The molecule has 3 rings (SSSR count). The Labute approximate surface area is 161 Å². The van der Waals surface area contributed by atoms with Gasteiger partial charge >= 0.3 is 0 Å². The summed E-state index contributed by atoms with van der Waals surface area (Å²) in [5, 5.41) is 0. The van der Waals surface area contributed by atoms with E-state index >= 15 is 0 Å². The van der Waals surface area contributed by atoms with Crippen LogP contribution in [0.4, 0.5) is 8.78 Å². The molecule has 0 aromatic rings. The van der Waals surface area contributed by atoms with Crippen LogP contribution in [0.3, 0.4) is 0 Å². The van der Waals surface area contributed by atoms with E-state index in [1.165, 1.54) is 51.4 Å². The zero-order valence-electron chi connectivity index (χ0n) is 15.2. The first-order chi connectivity index (χ1) is 11.6. The molecule has 0 radical (unpaired) electrons. The fourth-order valence-electron chi connectivity index (χ4n) is 6.00. The number of halogens is 3. The van der Waals surface area contributed by atoms with Crippen molar-refractivity contribution in [2.75, 3.05) is 0 Å². The van der Waals surface area contributed by atoms with Gasteiger partial charge in [0, 0.05) is 3.92 Å². The summed E-state index contributed by atoms with van der Waals surface area (Å²) in [7, 11) is 0. The molecule has 3 fully saturated rings. The van der Waals surface area contributed by atoms with E-state index in [0.717, 1.165) is 43.4 Å². The van der Waals surface area contributed by atoms with Gasteiger partial charge in [-0.25, -0.2) is 8.78 Å². The van der Waals surface area contributed by atoms with Crippen molar-refractivity contribution in [1.82, 2.24) is 0 Å². The molecule has 3 aliphatic carbocycles. The van der Waals surface area contributed by atoms with Crippen molar-refractivity contribution in [3.8, 4) is 0 Å². The van der Waals surface area contributed by atoms with Gasteiger partial charge in [-0.2, -0.15) is 0 Å². The molecule has 0 heterocycles. The van der Waals surface area contributed by atoms with Gasteiger partial charge in [-0.3, -0.25) is 0 Å². The summed E-state index contributed by atoms with van der Waals surface area (Å²) in [4.78, 5) is 0. The number of rotatable bonds is 4. The molecule has 0 amide bonds. The molecule has 0 spiro atoms. The van der Waals surface area contributed by atoms with Crippen LogP contribution >= 0.6 is 22.6 Å². The van der Waals surface area contributed by atoms with Crippen LogP contribution in [0.1, 0.15) is 84.0 Å². The minimum absolute atomic E-state index is 0.00672. The highest BCUT2D eigenvalue weighted by molar-refractivity contribution is 14.1. The van der Waals surface area contributed by atoms with Crippen LogP contribution in [-0.2, 0) is 0 Å². The molecule has 0 saturated heterocycles. The minimum Gasteiger partial charge on any atom is -0.244 e. The van der Waals surface area contributed by atoms with Crippen molar-refractivity contribution in [1.29, 1.82) is 0 Å². The monoisotopic (exact) mass is 452 g/mol. The summed E-state index contributed by atoms with van der Waals surface area (Å²) in [6.07, 6.45) is 12.7. The summed E-state index contributed by atoms with van der Waals surface area (Å²) in [6.45, 7) is 2.30. The second kappa shape index (κ2) is 8.99. The predicted molar refractivity (Wildman–Crippen MR) is 106 cm³/mol. The standard InChI is InChI=1S/C21H35F2I/c1-2-3-14-4-6-15(7-5-14)16-8-10-17(11-9-16)18-12-13-19(24)21(23)20(18)22/h14-21H,2-13H2,1H3. The van der Waals surface area contributed by atoms with Crippen molar-refractivity contribution in [2.24, 2.45) is 29.6 Å². The van der Waals surface area contributed by atoms with E-state index in [0.29, 0.717) is 5.92 Å². The maximum absolute atomic E-state index is 14.5. The third-order valence-electron chi connectivity index (χ3n) is 7.51. The first-order valence-electron chi connectivity index (χ1n) is 10.5. The largest absolute Gasteiger partial charge is 0.244 e. The quantitative estimate of drug-likeness (QED) is 0.310. The SMILES string of the molecule is CCCC1CCC(C2CCC(C3CCC(I)C(F)C3F)CC2)CC1. The fourth-order valence-corrected chi connectivity index (χ4v) is 6.76. The Morgan fingerprint density at radius 2 is 1.25 bits per heavy atom. The topological polar surface area (TPSA) is 0 Å². The normalized spacial score (nSPS) is 47.5. The molecule has 4 unspecified atom stereocenters. The van der Waals surface area contributed by atoms with Gasteiger partial charge in [0.05, 0.1) is 0 Å². The average molecular weight is 452 g/mol. The van der Waals surface area contributed by atoms with Gasteiger partial charge < -0.3 is 0 Å². The smallest absolute Gasteiger partial charge is 0.143 e. The molecule has 4 atom stereocenters. The zero-order chi connectivity index (χ0) is 17.1. The molecule has 0 aromatic carbocycles. The van der Waals surface area contributed by atoms with Gasteiger partial charge in [0.15, 0.2) is 0 Å². The highest BCUT2D eigenvalue weighted by Gasteiger charge is 2.43. The second-order valence-electron chi connectivity index (χ2n) is 8.89. The molecule has 3 saturated carbocycles. The van der Waals surface area contributed by atoms with Gasteiger partial charge in [0.25, 0.3) is 0 Å². The first-order valence-corrected chi connectivity index (χ1v) is 11.8. The molecule has 0 N–H and O–H groups in total. The van der Waals surface area contributed by atoms with Crippen molar-refractivity contribution in [3.05, 3.63) is 0 Å². The summed E-state index contributed by atoms with van der Waals surface area (Å²) >= 11 is 2.10. The zero-order valence-corrected chi connectivity index (χ0v) is 17.4. The Bertz CT molecular complexity index is 372. The maximum Gasteiger partial charge on any atom is 0.143 e. The van der Waals surface area contributed by atoms with E-state index in [2.05, 4.69) is 29.5 Å². The second-order valence-corrected chi connectivity index (χ2v) is 10.5. The van der Waals surface area contributed by atoms with Gasteiger partial charge in [-0.1, -0.05) is 55.2 Å². The number of alkyl halides is 3. The molecule has 0 nitrogen and oxygen atoms in total. The third kappa shape index (κ3) is 4.46. The Kier molecular flexibility index (Phi) is 7.25. The van der Waals surface area contributed by atoms with E-state index in [4.69, 9.17) is 0 Å². The summed E-state index contributed by atoms with van der Waals surface area (Å²) < 4.78 is 28.4. The molecule has 3 heteroatoms. The van der Waals surface area contributed by atoms with Crippen LogP contribution in [0.25, 0.3) is 0 Å². The lowest BCUT2D eigenvalue weighted by molar-refractivity contribution is 0.0212. The van der Waals surface area contributed by atoms with Crippen molar-refractivity contribution in [3.63, 3.8) is 0 Å². The Hall–Kier alpha value is 0.590. The van der Waals surface area contributed by atoms with Gasteiger partial charge in [-0.15, -0.1) is 0 Å². The van der Waals surface area contributed by atoms with Crippen LogP contribution in [-0.4, -0.2) is 16.3 Å². The van der Waals surface area contributed by atoms with Gasteiger partial charge in [-0.05, 0) is 81.0 Å².